The van der Waals surface area contributed by atoms with Gasteiger partial charge in [-0.1, -0.05) is 60.7 Å². The zero-order chi connectivity index (χ0) is 22.1. The average Bonchev–Trinajstić information content (AvgIpc) is 2.80. The molecule has 0 heterocycles. The van der Waals surface area contributed by atoms with Crippen LogP contribution < -0.4 is 0 Å². The monoisotopic (exact) mass is 426 g/mol. The van der Waals surface area contributed by atoms with Crippen LogP contribution in [-0.2, 0) is 0 Å². The van der Waals surface area contributed by atoms with Crippen molar-refractivity contribution in [3.8, 4) is 0 Å². The summed E-state index contributed by atoms with van der Waals surface area (Å²) in [5, 5.41) is 0. The summed E-state index contributed by atoms with van der Waals surface area (Å²) in [6.07, 6.45) is 5.89. The summed E-state index contributed by atoms with van der Waals surface area (Å²) < 4.78 is 58.4. The van der Waals surface area contributed by atoms with Gasteiger partial charge in [0.25, 0.3) is 0 Å². The second kappa shape index (κ2) is 8.86. The first-order chi connectivity index (χ1) is 14.9. The Kier molecular flexibility index (Phi) is 6.17. The Morgan fingerprint density at radius 2 is 1.29 bits per heavy atom. The van der Waals surface area contributed by atoms with E-state index < -0.39 is 24.7 Å². The fourth-order valence-electron chi connectivity index (χ4n) is 4.45. The van der Waals surface area contributed by atoms with Gasteiger partial charge in [0, 0.05) is 0 Å². The van der Waals surface area contributed by atoms with Gasteiger partial charge in [-0.05, 0) is 71.1 Å². The molecular formula is C27H26F4. The first-order valence-electron chi connectivity index (χ1n) is 10.7. The SMILES string of the molecule is C=CC1CC=C(C2=CC=C(c3ccc(C4=CC=C(C)C(F)C4F)cc3)C(F)C2F)CC1. The summed E-state index contributed by atoms with van der Waals surface area (Å²) in [6.45, 7) is 5.36. The smallest absolute Gasteiger partial charge is 0.161 e. The van der Waals surface area contributed by atoms with Gasteiger partial charge >= 0.3 is 0 Å². The predicted molar refractivity (Wildman–Crippen MR) is 119 cm³/mol. The molecule has 0 radical (unpaired) electrons. The molecule has 0 N–H and O–H groups in total. The van der Waals surface area contributed by atoms with E-state index in [4.69, 9.17) is 0 Å². The summed E-state index contributed by atoms with van der Waals surface area (Å²) in [4.78, 5) is 0. The average molecular weight is 426 g/mol. The molecule has 3 aliphatic carbocycles. The normalized spacial score (nSPS) is 31.1. The molecule has 0 aromatic heterocycles. The quantitative estimate of drug-likeness (QED) is 0.343. The minimum atomic E-state index is -1.77. The van der Waals surface area contributed by atoms with E-state index in [-0.39, 0.29) is 11.1 Å². The van der Waals surface area contributed by atoms with Crippen molar-refractivity contribution in [2.45, 2.75) is 50.9 Å². The molecule has 31 heavy (non-hydrogen) atoms. The summed E-state index contributed by atoms with van der Waals surface area (Å²) in [6, 6.07) is 6.54. The van der Waals surface area contributed by atoms with Crippen molar-refractivity contribution in [1.29, 1.82) is 0 Å². The lowest BCUT2D eigenvalue weighted by atomic mass is 9.81. The maximum absolute atomic E-state index is 15.0. The van der Waals surface area contributed by atoms with Crippen LogP contribution in [0.25, 0.3) is 11.1 Å². The van der Waals surface area contributed by atoms with Crippen molar-refractivity contribution in [2.24, 2.45) is 5.92 Å². The molecule has 0 saturated carbocycles. The number of benzene rings is 1. The predicted octanol–water partition coefficient (Wildman–Crippen LogP) is 7.62. The Labute approximate surface area is 181 Å². The van der Waals surface area contributed by atoms with E-state index in [0.717, 1.165) is 24.8 Å². The Bertz CT molecular complexity index is 1010. The summed E-state index contributed by atoms with van der Waals surface area (Å²) in [7, 11) is 0. The molecule has 0 nitrogen and oxygen atoms in total. The number of rotatable bonds is 4. The molecule has 4 rings (SSSR count). The third-order valence-corrected chi connectivity index (χ3v) is 6.52. The molecule has 5 atom stereocenters. The van der Waals surface area contributed by atoms with Gasteiger partial charge in [0.15, 0.2) is 24.7 Å². The lowest BCUT2D eigenvalue weighted by molar-refractivity contribution is 0.242. The fraction of sp³-hybridized carbons (Fsp3) is 0.333. The Morgan fingerprint density at radius 1 is 0.774 bits per heavy atom. The maximum atomic E-state index is 15.0. The minimum Gasteiger partial charge on any atom is -0.239 e. The van der Waals surface area contributed by atoms with Gasteiger partial charge in [-0.3, -0.25) is 0 Å². The molecule has 1 aromatic rings. The zero-order valence-corrected chi connectivity index (χ0v) is 17.5. The van der Waals surface area contributed by atoms with Crippen molar-refractivity contribution in [2.75, 3.05) is 0 Å². The second-order valence-corrected chi connectivity index (χ2v) is 8.46. The van der Waals surface area contributed by atoms with Gasteiger partial charge in [0.2, 0.25) is 0 Å². The molecule has 0 fully saturated rings. The standard InChI is InChI=1S/C27H26F4/c1-3-17-5-7-18(8-6-17)22-14-15-23(27(31)26(22)30)20-11-9-19(10-12-20)21-13-4-16(2)24(28)25(21)29/h3-4,7,9-15,17,24-27H,1,5-6,8H2,2H3. The number of alkyl halides is 4. The highest BCUT2D eigenvalue weighted by molar-refractivity contribution is 5.77. The summed E-state index contributed by atoms with van der Waals surface area (Å²) in [5.41, 5.74) is 3.23. The van der Waals surface area contributed by atoms with E-state index >= 15 is 4.39 Å². The fourth-order valence-corrected chi connectivity index (χ4v) is 4.45. The van der Waals surface area contributed by atoms with Crippen LogP contribution in [-0.4, -0.2) is 24.7 Å². The molecule has 0 saturated heterocycles. The molecule has 0 aliphatic heterocycles. The zero-order valence-electron chi connectivity index (χ0n) is 17.5. The van der Waals surface area contributed by atoms with Gasteiger partial charge in [0.05, 0.1) is 0 Å². The third kappa shape index (κ3) is 4.13. The highest BCUT2D eigenvalue weighted by Crippen LogP contribution is 2.39. The molecule has 5 unspecified atom stereocenters. The summed E-state index contributed by atoms with van der Waals surface area (Å²) in [5.74, 6) is 0.395. The third-order valence-electron chi connectivity index (χ3n) is 6.52. The van der Waals surface area contributed by atoms with Crippen LogP contribution in [0.1, 0.15) is 37.3 Å². The van der Waals surface area contributed by atoms with Crippen LogP contribution in [0.3, 0.4) is 0 Å². The van der Waals surface area contributed by atoms with Gasteiger partial charge in [-0.15, -0.1) is 6.58 Å². The molecule has 1 aromatic carbocycles. The van der Waals surface area contributed by atoms with Gasteiger partial charge in [0.1, 0.15) is 0 Å². The topological polar surface area (TPSA) is 0 Å². The van der Waals surface area contributed by atoms with Crippen molar-refractivity contribution >= 4 is 11.1 Å². The van der Waals surface area contributed by atoms with E-state index in [1.54, 1.807) is 55.5 Å². The molecule has 0 amide bonds. The first-order valence-corrected chi connectivity index (χ1v) is 10.7. The highest BCUT2D eigenvalue weighted by atomic mass is 19.2. The van der Waals surface area contributed by atoms with Gasteiger partial charge in [-0.25, -0.2) is 17.6 Å². The van der Waals surface area contributed by atoms with E-state index in [9.17, 15) is 13.2 Å². The molecule has 4 heteroatoms. The van der Waals surface area contributed by atoms with E-state index in [0.29, 0.717) is 28.2 Å². The molecule has 0 spiro atoms. The number of halogens is 4. The van der Waals surface area contributed by atoms with Crippen LogP contribution in [0, 0.1) is 5.92 Å². The highest BCUT2D eigenvalue weighted by Gasteiger charge is 2.34. The molecule has 162 valence electrons. The Balaban J connectivity index is 1.57. The Morgan fingerprint density at radius 3 is 1.84 bits per heavy atom. The van der Waals surface area contributed by atoms with E-state index in [1.807, 2.05) is 12.2 Å². The molecular weight excluding hydrogens is 400 g/mol. The first kappa shape index (κ1) is 21.6. The minimum absolute atomic E-state index is 0.256. The van der Waals surface area contributed by atoms with Gasteiger partial charge < -0.3 is 0 Å². The lowest BCUT2D eigenvalue weighted by Crippen LogP contribution is -2.26. The maximum Gasteiger partial charge on any atom is 0.161 e. The van der Waals surface area contributed by atoms with Crippen LogP contribution in [0.2, 0.25) is 0 Å². The van der Waals surface area contributed by atoms with Crippen molar-refractivity contribution in [1.82, 2.24) is 0 Å². The van der Waals surface area contributed by atoms with Crippen molar-refractivity contribution in [3.05, 3.63) is 95.1 Å². The largest absolute Gasteiger partial charge is 0.239 e. The summed E-state index contributed by atoms with van der Waals surface area (Å²) >= 11 is 0. The molecule has 0 bridgehead atoms. The van der Waals surface area contributed by atoms with Gasteiger partial charge in [-0.2, -0.15) is 0 Å². The Hall–Kier alpha value is -2.62. The van der Waals surface area contributed by atoms with Crippen LogP contribution in [0.15, 0.2) is 84.0 Å². The van der Waals surface area contributed by atoms with E-state index in [1.165, 1.54) is 0 Å². The number of allylic oxidation sites excluding steroid dienone is 11. The number of hydrogen-bond acceptors (Lipinski definition) is 0. The van der Waals surface area contributed by atoms with Crippen LogP contribution in [0.4, 0.5) is 17.6 Å². The van der Waals surface area contributed by atoms with Crippen LogP contribution >= 0.6 is 0 Å². The number of hydrogen-bond donors (Lipinski definition) is 0. The van der Waals surface area contributed by atoms with E-state index in [2.05, 4.69) is 6.58 Å². The van der Waals surface area contributed by atoms with Crippen LogP contribution in [0.5, 0.6) is 0 Å². The second-order valence-electron chi connectivity index (χ2n) is 8.46. The van der Waals surface area contributed by atoms with Crippen molar-refractivity contribution in [3.63, 3.8) is 0 Å². The lowest BCUT2D eigenvalue weighted by Gasteiger charge is -2.28. The van der Waals surface area contributed by atoms with Crippen molar-refractivity contribution < 1.29 is 17.6 Å². The molecule has 3 aliphatic rings.